The van der Waals surface area contributed by atoms with Crippen LogP contribution in [0, 0.1) is 0 Å². The molecule has 0 spiro atoms. The molecule has 74 valence electrons. The highest BCUT2D eigenvalue weighted by molar-refractivity contribution is 5.83. The zero-order valence-corrected chi connectivity index (χ0v) is 7.95. The fourth-order valence-electron chi connectivity index (χ4n) is 1.49. The minimum atomic E-state index is -0.299. The highest BCUT2D eigenvalue weighted by Crippen LogP contribution is 2.13. The first-order valence-corrected chi connectivity index (χ1v) is 4.64. The van der Waals surface area contributed by atoms with E-state index in [0.29, 0.717) is 0 Å². The molecule has 1 amide bonds. The molecule has 1 aromatic rings. The van der Waals surface area contributed by atoms with Crippen LogP contribution in [0.1, 0.15) is 18.5 Å². The molecule has 1 aliphatic heterocycles. The van der Waals surface area contributed by atoms with E-state index in [4.69, 9.17) is 0 Å². The largest absolute Gasteiger partial charge is 0.338 e. The van der Waals surface area contributed by atoms with E-state index < -0.39 is 0 Å². The van der Waals surface area contributed by atoms with Crippen molar-refractivity contribution < 1.29 is 4.79 Å². The lowest BCUT2D eigenvalue weighted by Gasteiger charge is -2.29. The maximum absolute atomic E-state index is 11.6. The van der Waals surface area contributed by atoms with Gasteiger partial charge in [-0.3, -0.25) is 4.79 Å². The molecule has 0 saturated carbocycles. The Morgan fingerprint density at radius 3 is 2.50 bits per heavy atom. The first-order chi connectivity index (χ1) is 6.77. The number of hydrogen-bond donors (Lipinski definition) is 3. The second-order valence-electron chi connectivity index (χ2n) is 3.36. The van der Waals surface area contributed by atoms with Crippen molar-refractivity contribution in [2.45, 2.75) is 19.1 Å². The van der Waals surface area contributed by atoms with Crippen LogP contribution in [0.4, 0.5) is 0 Å². The van der Waals surface area contributed by atoms with E-state index in [9.17, 15) is 4.79 Å². The summed E-state index contributed by atoms with van der Waals surface area (Å²) in [4.78, 5) is 11.6. The molecule has 3 N–H and O–H groups in total. The summed E-state index contributed by atoms with van der Waals surface area (Å²) in [6, 6.07) is 9.32. The number of nitrogens with one attached hydrogen (secondary N) is 3. The summed E-state index contributed by atoms with van der Waals surface area (Å²) in [5, 5.41) is 2.82. The van der Waals surface area contributed by atoms with Crippen molar-refractivity contribution in [1.82, 2.24) is 16.2 Å². The summed E-state index contributed by atoms with van der Waals surface area (Å²) in [6.45, 7) is 1.88. The van der Waals surface area contributed by atoms with E-state index in [2.05, 4.69) is 16.2 Å². The molecule has 0 aromatic heterocycles. The Kier molecular flexibility index (Phi) is 2.47. The molecule has 2 atom stereocenters. The molecule has 4 heteroatoms. The summed E-state index contributed by atoms with van der Waals surface area (Å²) in [5.74, 6) is 0.00227. The van der Waals surface area contributed by atoms with Gasteiger partial charge in [0.05, 0.1) is 6.17 Å². The smallest absolute Gasteiger partial charge is 0.244 e. The highest BCUT2D eigenvalue weighted by Gasteiger charge is 2.25. The van der Waals surface area contributed by atoms with Crippen LogP contribution in [-0.4, -0.2) is 12.1 Å². The molecule has 0 radical (unpaired) electrons. The Morgan fingerprint density at radius 1 is 1.14 bits per heavy atom. The third-order valence-corrected chi connectivity index (χ3v) is 2.20. The van der Waals surface area contributed by atoms with E-state index in [0.717, 1.165) is 5.56 Å². The number of rotatable bonds is 1. The quantitative estimate of drug-likeness (QED) is 0.598. The number of hydrogen-bond acceptors (Lipinski definition) is 3. The standard InChI is InChI=1S/C10H13N3O/c1-7-11-10(14)9(13-12-7)8-5-3-2-4-6-8/h2-7,9,12-13H,1H3,(H,11,14). The van der Waals surface area contributed by atoms with Gasteiger partial charge in [0, 0.05) is 0 Å². The summed E-state index contributed by atoms with van der Waals surface area (Å²) in [6.07, 6.45) is -0.0255. The van der Waals surface area contributed by atoms with Gasteiger partial charge >= 0.3 is 0 Å². The minimum Gasteiger partial charge on any atom is -0.338 e. The summed E-state index contributed by atoms with van der Waals surface area (Å²) >= 11 is 0. The average Bonchev–Trinajstić information content (AvgIpc) is 2.19. The van der Waals surface area contributed by atoms with Gasteiger partial charge in [-0.1, -0.05) is 30.3 Å². The van der Waals surface area contributed by atoms with E-state index in [1.165, 1.54) is 0 Å². The van der Waals surface area contributed by atoms with Crippen LogP contribution in [0.15, 0.2) is 30.3 Å². The van der Waals surface area contributed by atoms with Crippen LogP contribution in [0.2, 0.25) is 0 Å². The normalized spacial score (nSPS) is 27.1. The van der Waals surface area contributed by atoms with Crippen LogP contribution in [0.25, 0.3) is 0 Å². The predicted octanol–water partition coefficient (Wildman–Crippen LogP) is 0.298. The van der Waals surface area contributed by atoms with Gasteiger partial charge < -0.3 is 5.32 Å². The zero-order chi connectivity index (χ0) is 9.97. The van der Waals surface area contributed by atoms with Gasteiger partial charge in [-0.15, -0.1) is 0 Å². The highest BCUT2D eigenvalue weighted by atomic mass is 16.2. The molecule has 1 saturated heterocycles. The molecule has 0 aliphatic carbocycles. The first kappa shape index (κ1) is 9.18. The Labute approximate surface area is 82.7 Å². The Hall–Kier alpha value is -1.39. The maximum atomic E-state index is 11.6. The van der Waals surface area contributed by atoms with Crippen molar-refractivity contribution >= 4 is 5.91 Å². The van der Waals surface area contributed by atoms with Crippen molar-refractivity contribution in [1.29, 1.82) is 0 Å². The van der Waals surface area contributed by atoms with Crippen LogP contribution in [0.3, 0.4) is 0 Å². The van der Waals surface area contributed by atoms with Crippen LogP contribution in [0.5, 0.6) is 0 Å². The third-order valence-electron chi connectivity index (χ3n) is 2.20. The molecular weight excluding hydrogens is 178 g/mol. The van der Waals surface area contributed by atoms with Gasteiger partial charge in [-0.2, -0.15) is 0 Å². The number of carbonyl (C=O) groups is 1. The Bertz CT molecular complexity index is 325. The lowest BCUT2D eigenvalue weighted by molar-refractivity contribution is -0.126. The van der Waals surface area contributed by atoms with Gasteiger partial charge in [0.15, 0.2) is 0 Å². The number of hydrazine groups is 1. The van der Waals surface area contributed by atoms with E-state index in [1.54, 1.807) is 0 Å². The second-order valence-corrected chi connectivity index (χ2v) is 3.36. The molecule has 0 bridgehead atoms. The van der Waals surface area contributed by atoms with Crippen molar-refractivity contribution in [2.75, 3.05) is 0 Å². The van der Waals surface area contributed by atoms with E-state index >= 15 is 0 Å². The lowest BCUT2D eigenvalue weighted by atomic mass is 10.1. The van der Waals surface area contributed by atoms with Gasteiger partial charge in [0.2, 0.25) is 5.91 Å². The van der Waals surface area contributed by atoms with Crippen molar-refractivity contribution in [2.24, 2.45) is 0 Å². The minimum absolute atomic E-state index is 0.00227. The lowest BCUT2D eigenvalue weighted by Crippen LogP contribution is -2.60. The van der Waals surface area contributed by atoms with E-state index in [1.807, 2.05) is 37.3 Å². The summed E-state index contributed by atoms with van der Waals surface area (Å²) < 4.78 is 0. The molecular formula is C10H13N3O. The first-order valence-electron chi connectivity index (χ1n) is 4.64. The third kappa shape index (κ3) is 1.76. The van der Waals surface area contributed by atoms with Gasteiger partial charge in [0.25, 0.3) is 0 Å². The molecule has 1 aliphatic rings. The number of amides is 1. The van der Waals surface area contributed by atoms with Crippen molar-refractivity contribution in [3.05, 3.63) is 35.9 Å². The van der Waals surface area contributed by atoms with Crippen LogP contribution >= 0.6 is 0 Å². The molecule has 2 unspecified atom stereocenters. The van der Waals surface area contributed by atoms with Crippen molar-refractivity contribution in [3.63, 3.8) is 0 Å². The topological polar surface area (TPSA) is 53.2 Å². The zero-order valence-electron chi connectivity index (χ0n) is 7.95. The van der Waals surface area contributed by atoms with Crippen molar-refractivity contribution in [3.8, 4) is 0 Å². The molecule has 1 aromatic carbocycles. The molecule has 1 fully saturated rings. The van der Waals surface area contributed by atoms with Crippen LogP contribution in [-0.2, 0) is 4.79 Å². The second kappa shape index (κ2) is 3.77. The predicted molar refractivity (Wildman–Crippen MR) is 53.1 cm³/mol. The fraction of sp³-hybridized carbons (Fsp3) is 0.300. The Balaban J connectivity index is 2.16. The van der Waals surface area contributed by atoms with Crippen LogP contribution < -0.4 is 16.2 Å². The van der Waals surface area contributed by atoms with E-state index in [-0.39, 0.29) is 18.1 Å². The van der Waals surface area contributed by atoms with Gasteiger partial charge in [-0.25, -0.2) is 10.9 Å². The molecule has 2 rings (SSSR count). The maximum Gasteiger partial charge on any atom is 0.244 e. The van der Waals surface area contributed by atoms with Gasteiger partial charge in [0.1, 0.15) is 6.04 Å². The summed E-state index contributed by atoms with van der Waals surface area (Å²) in [7, 11) is 0. The summed E-state index contributed by atoms with van der Waals surface area (Å²) in [5.41, 5.74) is 6.91. The number of carbonyl (C=O) groups excluding carboxylic acids is 1. The average molecular weight is 191 g/mol. The molecule has 4 nitrogen and oxygen atoms in total. The monoisotopic (exact) mass is 191 g/mol. The Morgan fingerprint density at radius 2 is 1.86 bits per heavy atom. The van der Waals surface area contributed by atoms with Gasteiger partial charge in [-0.05, 0) is 12.5 Å². The molecule has 1 heterocycles. The molecule has 14 heavy (non-hydrogen) atoms. The SMILES string of the molecule is CC1NNC(c2ccccc2)C(=O)N1. The number of benzene rings is 1. The fourth-order valence-corrected chi connectivity index (χ4v) is 1.49.